The van der Waals surface area contributed by atoms with Gasteiger partial charge in [0.1, 0.15) is 0 Å². The van der Waals surface area contributed by atoms with E-state index < -0.39 is 0 Å². The summed E-state index contributed by atoms with van der Waals surface area (Å²) in [6, 6.07) is 1.70. The van der Waals surface area contributed by atoms with Gasteiger partial charge in [0.2, 0.25) is 0 Å². The van der Waals surface area contributed by atoms with Gasteiger partial charge < -0.3 is 5.32 Å². The molecule has 2 unspecified atom stereocenters. The molecule has 2 atom stereocenters. The maximum absolute atomic E-state index is 4.01. The molecule has 1 aliphatic heterocycles. The fraction of sp³-hybridized carbons (Fsp3) is 1.00. The molecule has 4 aliphatic rings. The van der Waals surface area contributed by atoms with Crippen LogP contribution in [-0.4, -0.2) is 35.6 Å². The van der Waals surface area contributed by atoms with Gasteiger partial charge in [-0.2, -0.15) is 0 Å². The average Bonchev–Trinajstić information content (AvgIpc) is 3.26. The summed E-state index contributed by atoms with van der Waals surface area (Å²) in [5.74, 6) is 1.95. The number of rotatable bonds is 3. The van der Waals surface area contributed by atoms with Crippen molar-refractivity contribution in [2.75, 3.05) is 13.1 Å². The zero-order valence-corrected chi connectivity index (χ0v) is 13.9. The quantitative estimate of drug-likeness (QED) is 0.846. The standard InChI is InChI=1S/C19H34N2/c1-19(16-11-12-16)14-20-18(15-7-3-2-4-8-15)13-21(19)17-9-5-6-10-17/h15-18,20H,2-14H2,1H3. The second-order valence-electron chi connectivity index (χ2n) is 8.61. The Bertz CT molecular complexity index is 353. The van der Waals surface area contributed by atoms with Gasteiger partial charge in [0.25, 0.3) is 0 Å². The molecule has 0 aromatic heterocycles. The van der Waals surface area contributed by atoms with Gasteiger partial charge in [-0.25, -0.2) is 0 Å². The minimum absolute atomic E-state index is 0.472. The highest BCUT2D eigenvalue weighted by molar-refractivity contribution is 5.07. The van der Waals surface area contributed by atoms with Crippen LogP contribution in [0.25, 0.3) is 0 Å². The van der Waals surface area contributed by atoms with Crippen LogP contribution in [0.5, 0.6) is 0 Å². The maximum atomic E-state index is 4.01. The summed E-state index contributed by atoms with van der Waals surface area (Å²) in [7, 11) is 0. The fourth-order valence-electron chi connectivity index (χ4n) is 5.64. The third-order valence-electron chi connectivity index (χ3n) is 7.21. The molecule has 120 valence electrons. The van der Waals surface area contributed by atoms with Crippen LogP contribution in [0.15, 0.2) is 0 Å². The lowest BCUT2D eigenvalue weighted by Crippen LogP contribution is -2.67. The highest BCUT2D eigenvalue weighted by atomic mass is 15.3. The summed E-state index contributed by atoms with van der Waals surface area (Å²) in [5.41, 5.74) is 0.472. The molecule has 3 aliphatic carbocycles. The molecule has 4 fully saturated rings. The lowest BCUT2D eigenvalue weighted by atomic mass is 9.79. The first-order valence-electron chi connectivity index (χ1n) is 9.77. The highest BCUT2D eigenvalue weighted by Crippen LogP contribution is 2.47. The zero-order chi connectivity index (χ0) is 14.3. The smallest absolute Gasteiger partial charge is 0.0337 e. The number of nitrogens with one attached hydrogen (secondary N) is 1. The molecule has 0 bridgehead atoms. The molecular weight excluding hydrogens is 256 g/mol. The second-order valence-corrected chi connectivity index (χ2v) is 8.61. The van der Waals surface area contributed by atoms with E-state index in [1.54, 1.807) is 0 Å². The van der Waals surface area contributed by atoms with Crippen LogP contribution in [0.1, 0.15) is 77.6 Å². The van der Waals surface area contributed by atoms with E-state index in [-0.39, 0.29) is 0 Å². The summed E-state index contributed by atoms with van der Waals surface area (Å²) in [6.45, 7) is 5.19. The number of nitrogens with zero attached hydrogens (tertiary/aromatic N) is 1. The number of piperazine rings is 1. The molecule has 1 N–H and O–H groups in total. The van der Waals surface area contributed by atoms with Crippen molar-refractivity contribution in [3.8, 4) is 0 Å². The van der Waals surface area contributed by atoms with Crippen molar-refractivity contribution in [3.05, 3.63) is 0 Å². The molecular formula is C19H34N2. The molecule has 2 heteroatoms. The van der Waals surface area contributed by atoms with Crippen LogP contribution < -0.4 is 5.32 Å². The van der Waals surface area contributed by atoms with E-state index in [1.807, 2.05) is 0 Å². The second kappa shape index (κ2) is 5.85. The van der Waals surface area contributed by atoms with E-state index in [2.05, 4.69) is 17.1 Å². The van der Waals surface area contributed by atoms with Gasteiger partial charge in [-0.3, -0.25) is 4.90 Å². The van der Waals surface area contributed by atoms with E-state index in [4.69, 9.17) is 0 Å². The van der Waals surface area contributed by atoms with E-state index >= 15 is 0 Å². The SMILES string of the molecule is CC1(C2CC2)CNC(C2CCCCC2)CN1C1CCCC1. The van der Waals surface area contributed by atoms with Crippen molar-refractivity contribution < 1.29 is 0 Å². The van der Waals surface area contributed by atoms with Crippen molar-refractivity contribution in [1.29, 1.82) is 0 Å². The molecule has 4 rings (SSSR count). The predicted molar refractivity (Wildman–Crippen MR) is 88.5 cm³/mol. The van der Waals surface area contributed by atoms with Crippen LogP contribution in [0.4, 0.5) is 0 Å². The highest BCUT2D eigenvalue weighted by Gasteiger charge is 2.51. The van der Waals surface area contributed by atoms with Crippen molar-refractivity contribution in [3.63, 3.8) is 0 Å². The molecule has 0 aromatic carbocycles. The van der Waals surface area contributed by atoms with Crippen LogP contribution in [0, 0.1) is 11.8 Å². The van der Waals surface area contributed by atoms with Crippen LogP contribution in [-0.2, 0) is 0 Å². The van der Waals surface area contributed by atoms with Gasteiger partial charge in [0.05, 0.1) is 0 Å². The lowest BCUT2D eigenvalue weighted by Gasteiger charge is -2.53. The third kappa shape index (κ3) is 2.79. The summed E-state index contributed by atoms with van der Waals surface area (Å²) in [6.07, 6.45) is 16.3. The average molecular weight is 290 g/mol. The first-order chi connectivity index (χ1) is 10.3. The maximum Gasteiger partial charge on any atom is 0.0337 e. The molecule has 0 aromatic rings. The van der Waals surface area contributed by atoms with Crippen molar-refractivity contribution in [2.24, 2.45) is 11.8 Å². The van der Waals surface area contributed by atoms with E-state index in [9.17, 15) is 0 Å². The van der Waals surface area contributed by atoms with E-state index in [0.717, 1.165) is 23.9 Å². The van der Waals surface area contributed by atoms with Gasteiger partial charge in [-0.05, 0) is 57.3 Å². The fourth-order valence-corrected chi connectivity index (χ4v) is 5.64. The molecule has 0 amide bonds. The van der Waals surface area contributed by atoms with Crippen LogP contribution in [0.2, 0.25) is 0 Å². The largest absolute Gasteiger partial charge is 0.311 e. The van der Waals surface area contributed by atoms with Crippen LogP contribution in [0.3, 0.4) is 0 Å². The Morgan fingerprint density at radius 3 is 2.19 bits per heavy atom. The normalized spacial score (nSPS) is 40.7. The van der Waals surface area contributed by atoms with E-state index in [1.165, 1.54) is 83.7 Å². The minimum Gasteiger partial charge on any atom is -0.311 e. The van der Waals surface area contributed by atoms with Gasteiger partial charge >= 0.3 is 0 Å². The molecule has 3 saturated carbocycles. The molecule has 1 heterocycles. The van der Waals surface area contributed by atoms with Crippen molar-refractivity contribution in [1.82, 2.24) is 10.2 Å². The van der Waals surface area contributed by atoms with Crippen molar-refractivity contribution >= 4 is 0 Å². The first-order valence-corrected chi connectivity index (χ1v) is 9.77. The Balaban J connectivity index is 1.49. The summed E-state index contributed by atoms with van der Waals surface area (Å²) < 4.78 is 0. The van der Waals surface area contributed by atoms with Gasteiger partial charge in [-0.15, -0.1) is 0 Å². The monoisotopic (exact) mass is 290 g/mol. The summed E-state index contributed by atoms with van der Waals surface area (Å²) in [4.78, 5) is 3.01. The Hall–Kier alpha value is -0.0800. The lowest BCUT2D eigenvalue weighted by molar-refractivity contribution is -0.0137. The first kappa shape index (κ1) is 14.5. The van der Waals surface area contributed by atoms with Gasteiger partial charge in [0.15, 0.2) is 0 Å². The predicted octanol–water partition coefficient (Wildman–Crippen LogP) is 3.95. The molecule has 0 spiro atoms. The Morgan fingerprint density at radius 1 is 0.857 bits per heavy atom. The van der Waals surface area contributed by atoms with Crippen LogP contribution >= 0.6 is 0 Å². The molecule has 1 saturated heterocycles. The Morgan fingerprint density at radius 2 is 1.52 bits per heavy atom. The summed E-state index contributed by atoms with van der Waals surface area (Å²) >= 11 is 0. The van der Waals surface area contributed by atoms with E-state index in [0.29, 0.717) is 5.54 Å². The summed E-state index contributed by atoms with van der Waals surface area (Å²) in [5, 5.41) is 4.01. The Kier molecular flexibility index (Phi) is 4.04. The topological polar surface area (TPSA) is 15.3 Å². The zero-order valence-electron chi connectivity index (χ0n) is 13.9. The molecule has 0 radical (unpaired) electrons. The Labute approximate surface area is 131 Å². The number of hydrogen-bond acceptors (Lipinski definition) is 2. The van der Waals surface area contributed by atoms with Gasteiger partial charge in [0, 0.05) is 30.7 Å². The molecule has 2 nitrogen and oxygen atoms in total. The molecule has 21 heavy (non-hydrogen) atoms. The third-order valence-corrected chi connectivity index (χ3v) is 7.21. The van der Waals surface area contributed by atoms with Crippen molar-refractivity contribution in [2.45, 2.75) is 95.2 Å². The van der Waals surface area contributed by atoms with Gasteiger partial charge in [-0.1, -0.05) is 32.1 Å². The number of hydrogen-bond donors (Lipinski definition) is 1. The minimum atomic E-state index is 0.472.